The van der Waals surface area contributed by atoms with E-state index in [2.05, 4.69) is 11.9 Å². The van der Waals surface area contributed by atoms with Crippen LogP contribution in [0.2, 0.25) is 0 Å². The normalized spacial score (nSPS) is 14.4. The van der Waals surface area contributed by atoms with Crippen LogP contribution >= 0.6 is 11.6 Å². The fourth-order valence-electron chi connectivity index (χ4n) is 3.14. The molecule has 0 aromatic rings. The van der Waals surface area contributed by atoms with Gasteiger partial charge in [-0.25, -0.2) is 0 Å². The maximum atomic E-state index is 8.89. The van der Waals surface area contributed by atoms with E-state index in [0.29, 0.717) is 0 Å². The molecular weight excluding hydrogens is 344 g/mol. The number of nitrogens with zero attached hydrogens (tertiary/aromatic N) is 2. The van der Waals surface area contributed by atoms with Crippen molar-refractivity contribution in [2.24, 2.45) is 4.99 Å². The van der Waals surface area contributed by atoms with Gasteiger partial charge in [-0.3, -0.25) is 4.99 Å². The molecule has 4 heteroatoms. The van der Waals surface area contributed by atoms with Gasteiger partial charge >= 0.3 is 0 Å². The second kappa shape index (κ2) is 21.0. The predicted molar refractivity (Wildman–Crippen MR) is 117 cm³/mol. The summed E-state index contributed by atoms with van der Waals surface area (Å²) in [6.45, 7) is 5.70. The lowest BCUT2D eigenvalue weighted by atomic mass is 10.0. The van der Waals surface area contributed by atoms with Gasteiger partial charge in [-0.1, -0.05) is 96.8 Å². The lowest BCUT2D eigenvalue weighted by Gasteiger charge is -2.16. The molecular formula is C22H45ClN2O. The van der Waals surface area contributed by atoms with Gasteiger partial charge in [-0.05, 0) is 13.3 Å². The first-order valence-electron chi connectivity index (χ1n) is 11.2. The number of aliphatic hydroxyl groups is 1. The van der Waals surface area contributed by atoms with Crippen LogP contribution in [0.5, 0.6) is 0 Å². The molecule has 1 rings (SSSR count). The van der Waals surface area contributed by atoms with Gasteiger partial charge in [0.25, 0.3) is 0 Å². The molecule has 1 atom stereocenters. The third-order valence-electron chi connectivity index (χ3n) is 4.93. The molecule has 26 heavy (non-hydrogen) atoms. The maximum Gasteiger partial charge on any atom is 0.124 e. The average molecular weight is 389 g/mol. The summed E-state index contributed by atoms with van der Waals surface area (Å²) in [5.74, 6) is 0.845. The first kappa shape index (κ1) is 25.7. The molecule has 0 saturated heterocycles. The van der Waals surface area contributed by atoms with Crippen LogP contribution in [-0.2, 0) is 0 Å². The van der Waals surface area contributed by atoms with Gasteiger partial charge in [-0.2, -0.15) is 0 Å². The van der Waals surface area contributed by atoms with Crippen molar-refractivity contribution in [1.82, 2.24) is 4.90 Å². The van der Waals surface area contributed by atoms with Crippen molar-refractivity contribution in [2.75, 3.05) is 19.0 Å². The monoisotopic (exact) mass is 388 g/mol. The summed E-state index contributed by atoms with van der Waals surface area (Å²) in [6, 6.07) is 0. The molecule has 1 heterocycles. The number of alkyl halides is 1. The third kappa shape index (κ3) is 18.5. The summed E-state index contributed by atoms with van der Waals surface area (Å²) in [4.78, 5) is 5.72. The van der Waals surface area contributed by atoms with Crippen LogP contribution in [0, 0.1) is 0 Å². The van der Waals surface area contributed by atoms with Crippen molar-refractivity contribution in [2.45, 2.75) is 116 Å². The summed E-state index contributed by atoms with van der Waals surface area (Å²) in [6.07, 6.45) is 22.6. The van der Waals surface area contributed by atoms with E-state index < -0.39 is 0 Å². The van der Waals surface area contributed by atoms with Crippen LogP contribution in [0.25, 0.3) is 0 Å². The van der Waals surface area contributed by atoms with Crippen molar-refractivity contribution in [3.63, 3.8) is 0 Å². The Morgan fingerprint density at radius 1 is 0.846 bits per heavy atom. The first-order valence-corrected chi connectivity index (χ1v) is 11.8. The van der Waals surface area contributed by atoms with Gasteiger partial charge in [0.2, 0.25) is 0 Å². The fourth-order valence-corrected chi connectivity index (χ4v) is 3.33. The lowest BCUT2D eigenvalue weighted by Crippen LogP contribution is -2.29. The number of hydrogen-bond acceptors (Lipinski definition) is 3. The summed E-state index contributed by atoms with van der Waals surface area (Å²) in [7, 11) is 0. The van der Waals surface area contributed by atoms with Crippen molar-refractivity contribution < 1.29 is 5.11 Å². The average Bonchev–Trinajstić information content (AvgIpc) is 3.18. The van der Waals surface area contributed by atoms with Crippen LogP contribution < -0.4 is 0 Å². The molecule has 0 amide bonds. The van der Waals surface area contributed by atoms with E-state index in [-0.39, 0.29) is 6.23 Å². The number of halogens is 1. The zero-order valence-electron chi connectivity index (χ0n) is 17.6. The highest BCUT2D eigenvalue weighted by atomic mass is 35.5. The molecule has 0 aromatic carbocycles. The first-order chi connectivity index (χ1) is 12.7. The third-order valence-corrected chi connectivity index (χ3v) is 5.20. The molecule has 0 aliphatic carbocycles. The van der Waals surface area contributed by atoms with Crippen molar-refractivity contribution in [3.05, 3.63) is 0 Å². The molecule has 1 aliphatic heterocycles. The van der Waals surface area contributed by atoms with Gasteiger partial charge < -0.3 is 10.0 Å². The fraction of sp³-hybridized carbons (Fsp3) is 0.955. The van der Waals surface area contributed by atoms with Crippen LogP contribution in [-0.4, -0.2) is 41.5 Å². The van der Waals surface area contributed by atoms with E-state index >= 15 is 0 Å². The highest BCUT2D eigenvalue weighted by molar-refractivity contribution is 6.17. The van der Waals surface area contributed by atoms with Gasteiger partial charge in [0.1, 0.15) is 6.23 Å². The predicted octanol–water partition coefficient (Wildman–Crippen LogP) is 6.77. The van der Waals surface area contributed by atoms with E-state index in [1.54, 1.807) is 18.2 Å². The minimum Gasteiger partial charge on any atom is -0.374 e. The van der Waals surface area contributed by atoms with Gasteiger partial charge in [0, 0.05) is 12.4 Å². The highest BCUT2D eigenvalue weighted by Crippen LogP contribution is 2.13. The number of aliphatic imine (C=N–C) groups is 1. The van der Waals surface area contributed by atoms with Crippen molar-refractivity contribution >= 4 is 17.9 Å². The molecule has 1 unspecified atom stereocenters. The molecule has 0 fully saturated rings. The smallest absolute Gasteiger partial charge is 0.124 e. The van der Waals surface area contributed by atoms with Crippen LogP contribution in [0.3, 0.4) is 0 Å². The van der Waals surface area contributed by atoms with Crippen LogP contribution in [0.1, 0.15) is 110 Å². The Balaban J connectivity index is 0.000000642. The maximum absolute atomic E-state index is 8.89. The van der Waals surface area contributed by atoms with E-state index in [4.69, 9.17) is 16.7 Å². The number of hydrogen-bond donors (Lipinski definition) is 1. The lowest BCUT2D eigenvalue weighted by molar-refractivity contribution is 0.0814. The quantitative estimate of drug-likeness (QED) is 0.234. The Hall–Kier alpha value is -0.280. The molecule has 0 spiro atoms. The van der Waals surface area contributed by atoms with E-state index in [1.165, 1.54) is 96.3 Å². The van der Waals surface area contributed by atoms with E-state index in [9.17, 15) is 0 Å². The zero-order valence-corrected chi connectivity index (χ0v) is 18.4. The second-order valence-electron chi connectivity index (χ2n) is 7.53. The Labute approximate surface area is 168 Å². The molecule has 0 radical (unpaired) electrons. The molecule has 0 saturated carbocycles. The Morgan fingerprint density at radius 2 is 1.27 bits per heavy atom. The van der Waals surface area contributed by atoms with Crippen LogP contribution in [0.15, 0.2) is 4.99 Å². The SMILES string of the molecule is CC(O)N1C=NCC1.CCCCCCCCCCCCCCCCCCl. The minimum absolute atomic E-state index is 0.374. The molecule has 1 aliphatic rings. The topological polar surface area (TPSA) is 35.8 Å². The molecule has 0 bridgehead atoms. The van der Waals surface area contributed by atoms with Gasteiger partial charge in [0.05, 0.1) is 12.9 Å². The van der Waals surface area contributed by atoms with Gasteiger partial charge in [-0.15, -0.1) is 11.6 Å². The summed E-state index contributed by atoms with van der Waals surface area (Å²) in [5, 5.41) is 8.89. The number of unbranched alkanes of at least 4 members (excludes halogenated alkanes) is 14. The van der Waals surface area contributed by atoms with Crippen molar-refractivity contribution in [1.29, 1.82) is 0 Å². The number of aliphatic hydroxyl groups excluding tert-OH is 1. The molecule has 1 N–H and O–H groups in total. The Morgan fingerprint density at radius 3 is 1.54 bits per heavy atom. The second-order valence-corrected chi connectivity index (χ2v) is 7.91. The zero-order chi connectivity index (χ0) is 19.3. The van der Waals surface area contributed by atoms with E-state index in [1.807, 2.05) is 0 Å². The molecule has 156 valence electrons. The number of rotatable bonds is 16. The summed E-state index contributed by atoms with van der Waals surface area (Å²) in [5.41, 5.74) is 0. The molecule has 0 aromatic heterocycles. The Bertz CT molecular complexity index is 282. The Kier molecular flexibility index (Phi) is 20.8. The standard InChI is InChI=1S/C17H35Cl.C5H10N2O/c1-2-3-4-5-6-7-8-9-10-11-12-13-14-15-16-17-18;1-5(8)7-3-2-6-4-7/h2-17H2,1H3;4-5,8H,2-3H2,1H3. The van der Waals surface area contributed by atoms with Gasteiger partial charge in [0.15, 0.2) is 0 Å². The van der Waals surface area contributed by atoms with Crippen molar-refractivity contribution in [3.8, 4) is 0 Å². The molecule has 3 nitrogen and oxygen atoms in total. The summed E-state index contributed by atoms with van der Waals surface area (Å²) < 4.78 is 0. The minimum atomic E-state index is -0.374. The largest absolute Gasteiger partial charge is 0.374 e. The van der Waals surface area contributed by atoms with Crippen LogP contribution in [0.4, 0.5) is 0 Å². The summed E-state index contributed by atoms with van der Waals surface area (Å²) >= 11 is 5.65. The highest BCUT2D eigenvalue weighted by Gasteiger charge is 2.08. The van der Waals surface area contributed by atoms with E-state index in [0.717, 1.165) is 19.0 Å².